The van der Waals surface area contributed by atoms with Gasteiger partial charge in [-0.1, -0.05) is 185 Å². The maximum absolute atomic E-state index is 2.41. The first kappa shape index (κ1) is 39.2. The predicted molar refractivity (Wildman–Crippen MR) is 272 cm³/mol. The lowest BCUT2D eigenvalue weighted by Crippen LogP contribution is -2.16. The molecule has 2 aliphatic rings. The Balaban J connectivity index is 0.876. The summed E-state index contributed by atoms with van der Waals surface area (Å²) >= 11 is 0. The lowest BCUT2D eigenvalue weighted by atomic mass is 9.81. The lowest BCUT2D eigenvalue weighted by molar-refractivity contribution is 0.660. The number of hydrogen-bond donors (Lipinski definition) is 0. The largest absolute Gasteiger partial charge is 0.310 e. The number of rotatable bonds is 9. The van der Waals surface area contributed by atoms with Gasteiger partial charge in [-0.15, -0.1) is 0 Å². The Morgan fingerprint density at radius 1 is 0.281 bits per heavy atom. The minimum atomic E-state index is -0.178. The fraction of sp³-hybridized carbons (Fsp3) is 0.0968. The molecule has 0 aromatic heterocycles. The van der Waals surface area contributed by atoms with Crippen LogP contribution in [0.5, 0.6) is 0 Å². The minimum Gasteiger partial charge on any atom is -0.310 e. The van der Waals surface area contributed by atoms with Crippen molar-refractivity contribution in [2.45, 2.75) is 38.5 Å². The molecule has 2 nitrogen and oxygen atoms in total. The molecule has 0 atom stereocenters. The molecule has 0 fully saturated rings. The van der Waals surface area contributed by atoms with E-state index in [1.807, 2.05) is 0 Å². The van der Waals surface area contributed by atoms with E-state index < -0.39 is 0 Å². The van der Waals surface area contributed by atoms with Crippen LogP contribution in [0.4, 0.5) is 34.1 Å². The molecule has 0 unspecified atom stereocenters. The molecule has 0 saturated heterocycles. The molecule has 2 aliphatic carbocycles. The van der Waals surface area contributed by atoms with Crippen LogP contribution in [-0.2, 0) is 10.8 Å². The van der Waals surface area contributed by atoms with Gasteiger partial charge >= 0.3 is 0 Å². The van der Waals surface area contributed by atoms with Gasteiger partial charge in [-0.05, 0) is 140 Å². The van der Waals surface area contributed by atoms with Gasteiger partial charge in [-0.25, -0.2) is 0 Å². The Hall–Kier alpha value is -7.68. The maximum Gasteiger partial charge on any atom is 0.0465 e. The molecule has 308 valence electrons. The van der Waals surface area contributed by atoms with E-state index in [2.05, 4.69) is 268 Å². The first-order valence-electron chi connectivity index (χ1n) is 22.4. The highest BCUT2D eigenvalue weighted by atomic mass is 15.1. The van der Waals surface area contributed by atoms with Crippen LogP contribution in [0.25, 0.3) is 45.5 Å². The zero-order chi connectivity index (χ0) is 43.4. The van der Waals surface area contributed by atoms with Crippen molar-refractivity contribution < 1.29 is 0 Å². The Morgan fingerprint density at radius 2 is 0.578 bits per heavy atom. The molecule has 0 amide bonds. The highest BCUT2D eigenvalue weighted by Crippen LogP contribution is 2.53. The molecule has 0 bridgehead atoms. The Morgan fingerprint density at radius 3 is 0.969 bits per heavy atom. The van der Waals surface area contributed by atoms with Gasteiger partial charge < -0.3 is 9.80 Å². The summed E-state index contributed by atoms with van der Waals surface area (Å²) in [5.41, 5.74) is 22.1. The molecule has 11 rings (SSSR count). The van der Waals surface area contributed by atoms with Crippen LogP contribution in [0.1, 0.15) is 61.1 Å². The third-order valence-electron chi connectivity index (χ3n) is 13.6. The standard InChI is InChI=1S/C62H50N2/c1-61(2)57-39-43(27-35-53(57)55-37-33-51(41-59(55)61)63(47-19-11-6-12-20-47)48-21-13-7-14-22-48)25-26-44-28-36-54-56-38-34-52(42-60(56)62(3,4)58(54)40-44)64(49-23-15-8-16-24-49)50-31-29-46(30-32-50)45-17-9-5-10-18-45/h5-42H,1-4H3/b26-25+. The van der Waals surface area contributed by atoms with Crippen molar-refractivity contribution in [3.8, 4) is 33.4 Å². The van der Waals surface area contributed by atoms with E-state index in [0.717, 1.165) is 34.1 Å². The summed E-state index contributed by atoms with van der Waals surface area (Å²) in [6.45, 7) is 9.50. The second-order valence-corrected chi connectivity index (χ2v) is 18.2. The van der Waals surface area contributed by atoms with Crippen LogP contribution >= 0.6 is 0 Å². The number of anilines is 6. The van der Waals surface area contributed by atoms with Crippen LogP contribution < -0.4 is 9.80 Å². The van der Waals surface area contributed by atoms with Crippen molar-refractivity contribution in [3.63, 3.8) is 0 Å². The third kappa shape index (κ3) is 6.74. The molecule has 9 aromatic rings. The Kier molecular flexibility index (Phi) is 9.55. The minimum absolute atomic E-state index is 0.159. The van der Waals surface area contributed by atoms with E-state index in [0.29, 0.717) is 0 Å². The van der Waals surface area contributed by atoms with E-state index in [9.17, 15) is 0 Å². The fourth-order valence-corrected chi connectivity index (χ4v) is 10.2. The molecule has 0 spiro atoms. The molecule has 0 radical (unpaired) electrons. The van der Waals surface area contributed by atoms with Gasteiger partial charge in [-0.2, -0.15) is 0 Å². The van der Waals surface area contributed by atoms with Crippen LogP contribution in [0.15, 0.2) is 218 Å². The zero-order valence-electron chi connectivity index (χ0n) is 36.8. The van der Waals surface area contributed by atoms with Gasteiger partial charge in [0, 0.05) is 45.0 Å². The highest BCUT2D eigenvalue weighted by Gasteiger charge is 2.37. The van der Waals surface area contributed by atoms with Gasteiger partial charge in [0.15, 0.2) is 0 Å². The summed E-state index contributed by atoms with van der Waals surface area (Å²) in [6, 6.07) is 79.6. The topological polar surface area (TPSA) is 6.48 Å². The van der Waals surface area contributed by atoms with Crippen molar-refractivity contribution in [3.05, 3.63) is 252 Å². The average molecular weight is 823 g/mol. The SMILES string of the molecule is CC1(C)c2cc(/C=C/c3ccc4c(c3)C(C)(C)c3cc(N(c5ccccc5)c5ccc(-c6ccccc6)cc5)ccc3-4)ccc2-c2ccc(N(c3ccccc3)c3ccccc3)cc21. The zero-order valence-corrected chi connectivity index (χ0v) is 36.8. The number of nitrogens with zero attached hydrogens (tertiary/aromatic N) is 2. The summed E-state index contributed by atoms with van der Waals surface area (Å²) in [5.74, 6) is 0. The van der Waals surface area contributed by atoms with Crippen molar-refractivity contribution in [2.75, 3.05) is 9.80 Å². The van der Waals surface area contributed by atoms with E-state index in [1.54, 1.807) is 0 Å². The third-order valence-corrected chi connectivity index (χ3v) is 13.6. The fourth-order valence-electron chi connectivity index (χ4n) is 10.2. The van der Waals surface area contributed by atoms with Crippen LogP contribution in [0.3, 0.4) is 0 Å². The second kappa shape index (κ2) is 15.6. The number of hydrogen-bond acceptors (Lipinski definition) is 2. The van der Waals surface area contributed by atoms with Crippen molar-refractivity contribution in [2.24, 2.45) is 0 Å². The van der Waals surface area contributed by atoms with Crippen molar-refractivity contribution in [1.82, 2.24) is 0 Å². The smallest absolute Gasteiger partial charge is 0.0465 e. The summed E-state index contributed by atoms with van der Waals surface area (Å²) in [4.78, 5) is 4.73. The Labute approximate surface area is 378 Å². The maximum atomic E-state index is 2.41. The van der Waals surface area contributed by atoms with Gasteiger partial charge in [0.1, 0.15) is 0 Å². The summed E-state index contributed by atoms with van der Waals surface area (Å²) in [7, 11) is 0. The highest BCUT2D eigenvalue weighted by molar-refractivity contribution is 5.89. The van der Waals surface area contributed by atoms with Crippen molar-refractivity contribution >= 4 is 46.3 Å². The molecule has 2 heteroatoms. The van der Waals surface area contributed by atoms with E-state index in [1.165, 1.54) is 66.8 Å². The number of para-hydroxylation sites is 3. The van der Waals surface area contributed by atoms with Crippen LogP contribution in [-0.4, -0.2) is 0 Å². The quantitative estimate of drug-likeness (QED) is 0.134. The van der Waals surface area contributed by atoms with Gasteiger partial charge in [0.05, 0.1) is 0 Å². The summed E-state index contributed by atoms with van der Waals surface area (Å²) < 4.78 is 0. The van der Waals surface area contributed by atoms with Gasteiger partial charge in [0.2, 0.25) is 0 Å². The molecule has 0 aliphatic heterocycles. The number of benzene rings is 9. The summed E-state index contributed by atoms with van der Waals surface area (Å²) in [6.07, 6.45) is 4.57. The second-order valence-electron chi connectivity index (χ2n) is 18.2. The first-order valence-corrected chi connectivity index (χ1v) is 22.4. The van der Waals surface area contributed by atoms with E-state index in [4.69, 9.17) is 0 Å². The monoisotopic (exact) mass is 822 g/mol. The first-order chi connectivity index (χ1) is 31.2. The molecule has 0 saturated carbocycles. The molecule has 0 N–H and O–H groups in total. The Bertz CT molecular complexity index is 3140. The lowest BCUT2D eigenvalue weighted by Gasteiger charge is -2.28. The number of fused-ring (bicyclic) bond motifs is 6. The molecular formula is C62H50N2. The molecule has 64 heavy (non-hydrogen) atoms. The predicted octanol–water partition coefficient (Wildman–Crippen LogP) is 17.1. The molecular weight excluding hydrogens is 773 g/mol. The summed E-state index contributed by atoms with van der Waals surface area (Å²) in [5, 5.41) is 0. The average Bonchev–Trinajstić information content (AvgIpc) is 3.70. The van der Waals surface area contributed by atoms with Crippen molar-refractivity contribution in [1.29, 1.82) is 0 Å². The molecule has 0 heterocycles. The normalized spacial score (nSPS) is 13.8. The van der Waals surface area contributed by atoms with Crippen LogP contribution in [0.2, 0.25) is 0 Å². The van der Waals surface area contributed by atoms with Gasteiger partial charge in [0.25, 0.3) is 0 Å². The van der Waals surface area contributed by atoms with Gasteiger partial charge in [-0.3, -0.25) is 0 Å². The van der Waals surface area contributed by atoms with E-state index in [-0.39, 0.29) is 10.8 Å². The molecule has 9 aromatic carbocycles. The van der Waals surface area contributed by atoms with E-state index >= 15 is 0 Å². The van der Waals surface area contributed by atoms with Crippen LogP contribution in [0, 0.1) is 0 Å².